The van der Waals surface area contributed by atoms with E-state index >= 15 is 0 Å². The lowest BCUT2D eigenvalue weighted by atomic mass is 10.0. The second kappa shape index (κ2) is 8.63. The van der Waals surface area contributed by atoms with Crippen LogP contribution in [0.1, 0.15) is 20.7 Å². The summed E-state index contributed by atoms with van der Waals surface area (Å²) >= 11 is 0. The van der Waals surface area contributed by atoms with Crippen LogP contribution in [-0.2, 0) is 0 Å². The molecule has 0 fully saturated rings. The van der Waals surface area contributed by atoms with Crippen LogP contribution in [0.2, 0.25) is 0 Å². The van der Waals surface area contributed by atoms with Crippen LogP contribution in [0, 0.1) is 0 Å². The van der Waals surface area contributed by atoms with Crippen LogP contribution in [0.5, 0.6) is 5.75 Å². The molecular weight excluding hydrogens is 338 g/mol. The SMILES string of the molecule is COc1ccc(NC(=CC(=O)c2ccccc2)C(=O)c2ccccc2)cc1. The van der Waals surface area contributed by atoms with Crippen LogP contribution in [0.4, 0.5) is 5.69 Å². The molecule has 4 heteroatoms. The van der Waals surface area contributed by atoms with Crippen molar-refractivity contribution < 1.29 is 14.3 Å². The summed E-state index contributed by atoms with van der Waals surface area (Å²) in [6.45, 7) is 0. The lowest BCUT2D eigenvalue weighted by molar-refractivity contribution is 0.101. The zero-order valence-corrected chi connectivity index (χ0v) is 14.9. The molecule has 3 aromatic rings. The number of hydrogen-bond acceptors (Lipinski definition) is 4. The van der Waals surface area contributed by atoms with Gasteiger partial charge in [-0.05, 0) is 24.3 Å². The Labute approximate surface area is 158 Å². The molecule has 0 aromatic heterocycles. The first kappa shape index (κ1) is 18.1. The Morgan fingerprint density at radius 2 is 1.33 bits per heavy atom. The summed E-state index contributed by atoms with van der Waals surface area (Å²) in [5, 5.41) is 3.06. The number of ketones is 2. The average molecular weight is 357 g/mol. The van der Waals surface area contributed by atoms with Gasteiger partial charge in [0.2, 0.25) is 5.78 Å². The smallest absolute Gasteiger partial charge is 0.209 e. The van der Waals surface area contributed by atoms with E-state index in [1.54, 1.807) is 79.9 Å². The molecule has 27 heavy (non-hydrogen) atoms. The van der Waals surface area contributed by atoms with Crippen LogP contribution in [0.15, 0.2) is 96.7 Å². The van der Waals surface area contributed by atoms with Crippen molar-refractivity contribution in [2.24, 2.45) is 0 Å². The van der Waals surface area contributed by atoms with Gasteiger partial charge in [0.1, 0.15) is 5.75 Å². The third kappa shape index (κ3) is 4.70. The Kier molecular flexibility index (Phi) is 5.80. The molecule has 1 N–H and O–H groups in total. The number of Topliss-reactive ketones (excluding diaryl/α,β-unsaturated/α-hetero) is 1. The molecule has 0 heterocycles. The summed E-state index contributed by atoms with van der Waals surface area (Å²) in [7, 11) is 1.59. The number of allylic oxidation sites excluding steroid dienone is 2. The van der Waals surface area contributed by atoms with Crippen molar-refractivity contribution in [3.63, 3.8) is 0 Å². The monoisotopic (exact) mass is 357 g/mol. The Balaban J connectivity index is 1.93. The number of nitrogens with one attached hydrogen (secondary N) is 1. The zero-order valence-electron chi connectivity index (χ0n) is 14.9. The van der Waals surface area contributed by atoms with E-state index in [0.29, 0.717) is 22.6 Å². The number of benzene rings is 3. The number of carbonyl (C=O) groups excluding carboxylic acids is 2. The van der Waals surface area contributed by atoms with Crippen molar-refractivity contribution in [1.29, 1.82) is 0 Å². The Morgan fingerprint density at radius 3 is 1.89 bits per heavy atom. The van der Waals surface area contributed by atoms with Gasteiger partial charge in [-0.25, -0.2) is 0 Å². The van der Waals surface area contributed by atoms with Crippen molar-refractivity contribution in [3.05, 3.63) is 108 Å². The quantitative estimate of drug-likeness (QED) is 0.489. The molecule has 0 radical (unpaired) electrons. The molecule has 3 aromatic carbocycles. The van der Waals surface area contributed by atoms with Gasteiger partial charge in [0.15, 0.2) is 5.78 Å². The van der Waals surface area contributed by atoms with Gasteiger partial charge in [-0.2, -0.15) is 0 Å². The number of rotatable bonds is 7. The third-order valence-electron chi connectivity index (χ3n) is 3.98. The first-order valence-electron chi connectivity index (χ1n) is 8.49. The van der Waals surface area contributed by atoms with E-state index in [4.69, 9.17) is 4.74 Å². The highest BCUT2D eigenvalue weighted by molar-refractivity contribution is 6.16. The number of hydrogen-bond donors (Lipinski definition) is 1. The average Bonchev–Trinajstić information content (AvgIpc) is 2.74. The van der Waals surface area contributed by atoms with Gasteiger partial charge in [-0.3, -0.25) is 9.59 Å². The summed E-state index contributed by atoms with van der Waals surface area (Å²) in [5.41, 5.74) is 1.92. The van der Waals surface area contributed by atoms with Gasteiger partial charge in [-0.1, -0.05) is 60.7 Å². The van der Waals surface area contributed by atoms with E-state index in [1.165, 1.54) is 6.08 Å². The first-order chi connectivity index (χ1) is 13.2. The molecule has 3 rings (SSSR count). The molecule has 0 bridgehead atoms. The predicted octanol–water partition coefficient (Wildman–Crippen LogP) is 4.76. The minimum atomic E-state index is -0.254. The fourth-order valence-electron chi connectivity index (χ4n) is 2.55. The van der Waals surface area contributed by atoms with Crippen LogP contribution >= 0.6 is 0 Å². The standard InChI is InChI=1S/C23H19NO3/c1-27-20-14-12-19(13-15-20)24-21(23(26)18-10-6-3-7-11-18)16-22(25)17-8-4-2-5-9-17/h2-16,24H,1H3. The second-order valence-electron chi connectivity index (χ2n) is 5.84. The van der Waals surface area contributed by atoms with Gasteiger partial charge < -0.3 is 10.1 Å². The fourth-order valence-corrected chi connectivity index (χ4v) is 2.55. The molecule has 0 saturated carbocycles. The summed E-state index contributed by atoms with van der Waals surface area (Å²) in [6.07, 6.45) is 1.34. The van der Waals surface area contributed by atoms with Crippen molar-refractivity contribution in [1.82, 2.24) is 0 Å². The van der Waals surface area contributed by atoms with Gasteiger partial charge >= 0.3 is 0 Å². The highest BCUT2D eigenvalue weighted by atomic mass is 16.5. The largest absolute Gasteiger partial charge is 0.497 e. The van der Waals surface area contributed by atoms with Crippen LogP contribution < -0.4 is 10.1 Å². The molecule has 0 aliphatic heterocycles. The van der Waals surface area contributed by atoms with Crippen molar-refractivity contribution in [2.45, 2.75) is 0 Å². The maximum Gasteiger partial charge on any atom is 0.209 e. The summed E-state index contributed by atoms with van der Waals surface area (Å²) in [5.74, 6) is 0.215. The molecule has 4 nitrogen and oxygen atoms in total. The van der Waals surface area contributed by atoms with E-state index in [9.17, 15) is 9.59 Å². The molecule has 134 valence electrons. The zero-order chi connectivity index (χ0) is 19.1. The Hall–Kier alpha value is -3.66. The molecule has 0 amide bonds. The minimum Gasteiger partial charge on any atom is -0.497 e. The van der Waals surface area contributed by atoms with Crippen molar-refractivity contribution >= 4 is 17.3 Å². The van der Waals surface area contributed by atoms with Crippen LogP contribution in [0.3, 0.4) is 0 Å². The lowest BCUT2D eigenvalue weighted by Gasteiger charge is -2.11. The van der Waals surface area contributed by atoms with Gasteiger partial charge in [-0.15, -0.1) is 0 Å². The number of anilines is 1. The minimum absolute atomic E-state index is 0.209. The van der Waals surface area contributed by atoms with Crippen LogP contribution in [0.25, 0.3) is 0 Å². The normalized spacial score (nSPS) is 10.9. The topological polar surface area (TPSA) is 55.4 Å². The Morgan fingerprint density at radius 1 is 0.778 bits per heavy atom. The fraction of sp³-hybridized carbons (Fsp3) is 0.0435. The molecular formula is C23H19NO3. The molecule has 0 aliphatic carbocycles. The first-order valence-corrected chi connectivity index (χ1v) is 8.49. The van der Waals surface area contributed by atoms with E-state index in [-0.39, 0.29) is 17.3 Å². The van der Waals surface area contributed by atoms with E-state index < -0.39 is 0 Å². The highest BCUT2D eigenvalue weighted by Gasteiger charge is 2.15. The molecule has 0 saturated heterocycles. The number of methoxy groups -OCH3 is 1. The lowest BCUT2D eigenvalue weighted by Crippen LogP contribution is -2.14. The predicted molar refractivity (Wildman–Crippen MR) is 106 cm³/mol. The Bertz CT molecular complexity index is 946. The van der Waals surface area contributed by atoms with Gasteiger partial charge in [0.25, 0.3) is 0 Å². The summed E-state index contributed by atoms with van der Waals surface area (Å²) in [4.78, 5) is 25.5. The van der Waals surface area contributed by atoms with E-state index in [0.717, 1.165) is 0 Å². The maximum atomic E-state index is 12.9. The summed E-state index contributed by atoms with van der Waals surface area (Å²) in [6, 6.07) is 24.9. The molecule has 0 atom stereocenters. The molecule has 0 aliphatic rings. The van der Waals surface area contributed by atoms with Gasteiger partial charge in [0.05, 0.1) is 12.8 Å². The third-order valence-corrected chi connectivity index (χ3v) is 3.98. The maximum absolute atomic E-state index is 12.9. The number of carbonyl (C=O) groups is 2. The molecule has 0 spiro atoms. The van der Waals surface area contributed by atoms with Crippen molar-refractivity contribution in [2.75, 3.05) is 12.4 Å². The van der Waals surface area contributed by atoms with Crippen molar-refractivity contribution in [3.8, 4) is 5.75 Å². The number of ether oxygens (including phenoxy) is 1. The second-order valence-corrected chi connectivity index (χ2v) is 5.84. The van der Waals surface area contributed by atoms with E-state index in [2.05, 4.69) is 5.32 Å². The highest BCUT2D eigenvalue weighted by Crippen LogP contribution is 2.19. The molecule has 0 unspecified atom stereocenters. The van der Waals surface area contributed by atoms with E-state index in [1.807, 2.05) is 12.1 Å². The van der Waals surface area contributed by atoms with Gasteiger partial charge in [0, 0.05) is 22.9 Å². The summed E-state index contributed by atoms with van der Waals surface area (Å²) < 4.78 is 5.15. The van der Waals surface area contributed by atoms with Crippen LogP contribution in [-0.4, -0.2) is 18.7 Å².